The van der Waals surface area contributed by atoms with E-state index in [1.54, 1.807) is 34.6 Å². The minimum absolute atomic E-state index is 0.0260. The van der Waals surface area contributed by atoms with E-state index in [4.69, 9.17) is 18.9 Å². The van der Waals surface area contributed by atoms with Gasteiger partial charge in [0.2, 0.25) is 0 Å². The zero-order valence-corrected chi connectivity index (χ0v) is 15.9. The average molecular weight is 365 g/mol. The Labute approximate surface area is 148 Å². The lowest BCUT2D eigenvalue weighted by Crippen LogP contribution is -2.58. The summed E-state index contributed by atoms with van der Waals surface area (Å²) >= 11 is 0. The molecule has 0 aromatic rings. The number of methoxy groups -OCH3 is 2. The Bertz CT molecular complexity index is 446. The summed E-state index contributed by atoms with van der Waals surface area (Å²) in [6.07, 6.45) is -6.46. The predicted octanol–water partition coefficient (Wildman–Crippen LogP) is 0.0600. The number of hydrogen-bond acceptors (Lipinski definition) is 8. The molecule has 0 saturated carbocycles. The van der Waals surface area contributed by atoms with E-state index in [9.17, 15) is 20.1 Å². The van der Waals surface area contributed by atoms with E-state index in [1.165, 1.54) is 19.1 Å². The monoisotopic (exact) mass is 365 g/mol. The number of rotatable bonds is 6. The summed E-state index contributed by atoms with van der Waals surface area (Å²) in [6.45, 7) is 8.45. The number of nitrogens with zero attached hydrogens (tertiary/aromatic N) is 1. The largest absolute Gasteiger partial charge is 0.444 e. The van der Waals surface area contributed by atoms with Gasteiger partial charge in [0.15, 0.2) is 6.29 Å². The zero-order valence-electron chi connectivity index (χ0n) is 15.9. The maximum Gasteiger partial charge on any atom is 0.412 e. The van der Waals surface area contributed by atoms with Crippen molar-refractivity contribution in [1.82, 2.24) is 4.90 Å². The highest BCUT2D eigenvalue weighted by atomic mass is 16.7. The first-order valence-corrected chi connectivity index (χ1v) is 8.11. The van der Waals surface area contributed by atoms with Gasteiger partial charge in [-0.25, -0.2) is 4.79 Å². The fraction of sp³-hybridized carbons (Fsp3) is 0.938. The summed E-state index contributed by atoms with van der Waals surface area (Å²) in [5.41, 5.74) is -1.78. The summed E-state index contributed by atoms with van der Waals surface area (Å²) in [4.78, 5) is 13.8. The number of carbonyl (C=O) groups excluding carboxylic acids is 1. The Balaban J connectivity index is 2.98. The molecule has 0 radical (unpaired) electrons. The van der Waals surface area contributed by atoms with Crippen molar-refractivity contribution in [2.75, 3.05) is 20.8 Å². The molecule has 1 aliphatic rings. The van der Waals surface area contributed by atoms with Crippen LogP contribution < -0.4 is 0 Å². The molecule has 148 valence electrons. The van der Waals surface area contributed by atoms with Gasteiger partial charge in [0.05, 0.1) is 12.6 Å². The van der Waals surface area contributed by atoms with Crippen molar-refractivity contribution >= 4 is 6.09 Å². The van der Waals surface area contributed by atoms with Gasteiger partial charge >= 0.3 is 6.09 Å². The molecule has 0 aliphatic carbocycles. The third kappa shape index (κ3) is 5.25. The lowest BCUT2D eigenvalue weighted by atomic mass is 9.99. The number of carbonyl (C=O) groups is 1. The molecule has 1 rings (SSSR count). The molecule has 1 aliphatic heterocycles. The van der Waals surface area contributed by atoms with Gasteiger partial charge in [0, 0.05) is 14.2 Å². The van der Waals surface area contributed by atoms with Crippen LogP contribution in [-0.4, -0.2) is 89.1 Å². The lowest BCUT2D eigenvalue weighted by Gasteiger charge is -2.38. The summed E-state index contributed by atoms with van der Waals surface area (Å²) < 4.78 is 20.7. The third-order valence-corrected chi connectivity index (χ3v) is 3.95. The van der Waals surface area contributed by atoms with Gasteiger partial charge < -0.3 is 34.3 Å². The van der Waals surface area contributed by atoms with Crippen molar-refractivity contribution in [3.05, 3.63) is 0 Å². The minimum Gasteiger partial charge on any atom is -0.444 e. The van der Waals surface area contributed by atoms with Crippen LogP contribution in [-0.2, 0) is 18.9 Å². The second kappa shape index (κ2) is 8.15. The van der Waals surface area contributed by atoms with Crippen LogP contribution in [0.25, 0.3) is 0 Å². The first-order chi connectivity index (χ1) is 11.4. The highest BCUT2D eigenvalue weighted by molar-refractivity contribution is 5.70. The quantitative estimate of drug-likeness (QED) is 0.566. The summed E-state index contributed by atoms with van der Waals surface area (Å²) in [5, 5.41) is 30.9. The molecule has 0 aromatic carbocycles. The Morgan fingerprint density at radius 1 is 1.16 bits per heavy atom. The molecule has 0 aromatic heterocycles. The van der Waals surface area contributed by atoms with Crippen LogP contribution in [0, 0.1) is 0 Å². The Morgan fingerprint density at radius 2 is 1.68 bits per heavy atom. The van der Waals surface area contributed by atoms with Crippen LogP contribution in [0.15, 0.2) is 0 Å². The fourth-order valence-corrected chi connectivity index (χ4v) is 2.72. The number of ether oxygens (including phenoxy) is 4. The van der Waals surface area contributed by atoms with Crippen molar-refractivity contribution in [2.24, 2.45) is 0 Å². The van der Waals surface area contributed by atoms with E-state index in [0.29, 0.717) is 0 Å². The van der Waals surface area contributed by atoms with Crippen LogP contribution in [0.3, 0.4) is 0 Å². The van der Waals surface area contributed by atoms with Crippen molar-refractivity contribution in [2.45, 2.75) is 76.6 Å². The molecule has 0 bridgehead atoms. The molecule has 0 unspecified atom stereocenters. The van der Waals surface area contributed by atoms with E-state index in [1.807, 2.05) is 0 Å². The number of aliphatic hydroxyl groups excluding tert-OH is 3. The van der Waals surface area contributed by atoms with Crippen molar-refractivity contribution in [1.29, 1.82) is 0 Å². The summed E-state index contributed by atoms with van der Waals surface area (Å²) in [6, 6.07) is -0.913. The second-order valence-corrected chi connectivity index (χ2v) is 7.49. The van der Waals surface area contributed by atoms with E-state index in [-0.39, 0.29) is 6.61 Å². The maximum atomic E-state index is 12.5. The maximum absolute atomic E-state index is 12.5. The number of aliphatic hydroxyl groups is 3. The van der Waals surface area contributed by atoms with Gasteiger partial charge in [0.1, 0.15) is 29.6 Å². The lowest BCUT2D eigenvalue weighted by molar-refractivity contribution is -0.207. The summed E-state index contributed by atoms with van der Waals surface area (Å²) in [5.74, 6) is 0. The first-order valence-electron chi connectivity index (χ1n) is 8.11. The topological polar surface area (TPSA) is 118 Å². The molecule has 25 heavy (non-hydrogen) atoms. The average Bonchev–Trinajstić information content (AvgIpc) is 2.80. The molecule has 4 atom stereocenters. The zero-order chi connectivity index (χ0) is 19.6. The van der Waals surface area contributed by atoms with Crippen molar-refractivity contribution in [3.8, 4) is 0 Å². The van der Waals surface area contributed by atoms with Crippen LogP contribution in [0.5, 0.6) is 0 Å². The first kappa shape index (κ1) is 22.1. The molecular weight excluding hydrogens is 334 g/mol. The molecule has 1 amide bonds. The van der Waals surface area contributed by atoms with Gasteiger partial charge in [-0.2, -0.15) is 0 Å². The Hall–Kier alpha value is -0.970. The van der Waals surface area contributed by atoms with Gasteiger partial charge in [-0.1, -0.05) is 0 Å². The van der Waals surface area contributed by atoms with E-state index in [0.717, 1.165) is 0 Å². The highest BCUT2D eigenvalue weighted by Gasteiger charge is 2.51. The van der Waals surface area contributed by atoms with Gasteiger partial charge in [-0.15, -0.1) is 0 Å². The van der Waals surface area contributed by atoms with Gasteiger partial charge in [0.25, 0.3) is 0 Å². The number of hydrogen-bond donors (Lipinski definition) is 3. The fourth-order valence-electron chi connectivity index (χ4n) is 2.72. The van der Waals surface area contributed by atoms with Gasteiger partial charge in [-0.3, -0.25) is 4.90 Å². The molecular formula is C16H31NO8. The normalized spacial score (nSPS) is 24.3. The number of amides is 1. The van der Waals surface area contributed by atoms with E-state index in [2.05, 4.69) is 0 Å². The SMILES string of the molecule is COC(OC)[C@@H](O)[C@@H](O)[C@H](O)[C@H]1COC(C)(C)N1C(=O)OC(C)(C)C. The standard InChI is InChI=1S/C16H31NO8/c1-15(2,3)25-14(21)17-9(8-24-16(17,4)5)10(18)11(19)12(20)13(22-6)23-7/h9-13,18-20H,8H2,1-7H3/t9-,10-,11+,12+/m1/s1. The molecule has 0 spiro atoms. The van der Waals surface area contributed by atoms with Crippen LogP contribution in [0.2, 0.25) is 0 Å². The molecule has 1 fully saturated rings. The molecule has 1 heterocycles. The smallest absolute Gasteiger partial charge is 0.412 e. The molecule has 3 N–H and O–H groups in total. The third-order valence-electron chi connectivity index (χ3n) is 3.95. The van der Waals surface area contributed by atoms with Gasteiger partial charge in [-0.05, 0) is 34.6 Å². The van der Waals surface area contributed by atoms with Crippen LogP contribution in [0.1, 0.15) is 34.6 Å². The summed E-state index contributed by atoms with van der Waals surface area (Å²) in [7, 11) is 2.59. The minimum atomic E-state index is -1.63. The van der Waals surface area contributed by atoms with E-state index < -0.39 is 48.1 Å². The molecule has 9 heteroatoms. The highest BCUT2D eigenvalue weighted by Crippen LogP contribution is 2.32. The molecule has 1 saturated heterocycles. The predicted molar refractivity (Wildman–Crippen MR) is 87.7 cm³/mol. The Kier molecular flexibility index (Phi) is 7.20. The second-order valence-electron chi connectivity index (χ2n) is 7.49. The van der Waals surface area contributed by atoms with Crippen LogP contribution in [0.4, 0.5) is 4.79 Å². The van der Waals surface area contributed by atoms with Crippen molar-refractivity contribution in [3.63, 3.8) is 0 Å². The van der Waals surface area contributed by atoms with Crippen molar-refractivity contribution < 1.29 is 39.1 Å². The van der Waals surface area contributed by atoms with Crippen LogP contribution >= 0.6 is 0 Å². The Morgan fingerprint density at radius 3 is 2.12 bits per heavy atom. The molecule has 9 nitrogen and oxygen atoms in total. The van der Waals surface area contributed by atoms with E-state index >= 15 is 0 Å².